The Labute approximate surface area is 199 Å². The quantitative estimate of drug-likeness (QED) is 0.432. The average molecular weight is 475 g/mol. The minimum absolute atomic E-state index is 0.0269. The predicted molar refractivity (Wildman–Crippen MR) is 125 cm³/mol. The van der Waals surface area contributed by atoms with Gasteiger partial charge in [-0.05, 0) is 29.2 Å². The average Bonchev–Trinajstić information content (AvgIpc) is 2.77. The zero-order chi connectivity index (χ0) is 25.4. The maximum absolute atomic E-state index is 13.7. The van der Waals surface area contributed by atoms with E-state index in [1.165, 1.54) is 18.2 Å². The molecular weight excluding hydrogens is 441 g/mol. The number of hydrogen-bond donors (Lipinski definition) is 3. The number of ether oxygens (including phenoxy) is 1. The first-order valence-corrected chi connectivity index (χ1v) is 11.3. The normalized spacial score (nSPS) is 14.5. The third-order valence-corrected chi connectivity index (χ3v) is 5.51. The number of carbonyl (C=O) groups is 1. The number of methoxy groups -OCH3 is 1. The van der Waals surface area contributed by atoms with Gasteiger partial charge in [0.1, 0.15) is 5.82 Å². The summed E-state index contributed by atoms with van der Waals surface area (Å²) >= 11 is 0. The highest BCUT2D eigenvalue weighted by molar-refractivity contribution is 5.80. The number of aromatic nitrogens is 1. The molecule has 0 spiro atoms. The van der Waals surface area contributed by atoms with Crippen LogP contribution in [0.2, 0.25) is 0 Å². The van der Waals surface area contributed by atoms with Crippen LogP contribution in [-0.4, -0.2) is 52.2 Å². The van der Waals surface area contributed by atoms with E-state index in [1.807, 2.05) is 20.8 Å². The van der Waals surface area contributed by atoms with Crippen molar-refractivity contribution in [1.82, 2.24) is 4.98 Å². The molecule has 0 fully saturated rings. The second-order valence-corrected chi connectivity index (χ2v) is 8.72. The largest absolute Gasteiger partial charge is 0.550 e. The Morgan fingerprint density at radius 1 is 1.18 bits per heavy atom. The van der Waals surface area contributed by atoms with Crippen molar-refractivity contribution in [3.8, 4) is 11.1 Å². The molecule has 3 atom stereocenters. The van der Waals surface area contributed by atoms with E-state index in [9.17, 15) is 29.6 Å². The summed E-state index contributed by atoms with van der Waals surface area (Å²) in [6.07, 6.45) is 0.0456. The molecule has 1 aromatic carbocycles. The molecule has 0 aliphatic rings. The molecule has 0 radical (unpaired) electrons. The molecule has 1 heterocycles. The highest BCUT2D eigenvalue weighted by Gasteiger charge is 2.24. The Morgan fingerprint density at radius 2 is 1.82 bits per heavy atom. The summed E-state index contributed by atoms with van der Waals surface area (Å²) < 4.78 is 19.2. The van der Waals surface area contributed by atoms with Crippen molar-refractivity contribution in [2.75, 3.05) is 13.7 Å². The minimum atomic E-state index is -1.40. The molecule has 0 unspecified atom stereocenters. The highest BCUT2D eigenvalue weighted by Crippen LogP contribution is 2.38. The Hall–Kier alpha value is -2.65. The molecule has 0 saturated heterocycles. The van der Waals surface area contributed by atoms with Crippen LogP contribution >= 0.6 is 0 Å². The van der Waals surface area contributed by atoms with Gasteiger partial charge in [-0.3, -0.25) is 4.98 Å². The van der Waals surface area contributed by atoms with E-state index in [0.29, 0.717) is 17.0 Å². The van der Waals surface area contributed by atoms with Gasteiger partial charge in [0.2, 0.25) is 0 Å². The lowest BCUT2D eigenvalue weighted by molar-refractivity contribution is -0.307. The number of pyridine rings is 1. The number of benzene rings is 1. The van der Waals surface area contributed by atoms with Crippen LogP contribution in [0.15, 0.2) is 30.3 Å². The van der Waals surface area contributed by atoms with Crippen LogP contribution in [0.3, 0.4) is 0 Å². The van der Waals surface area contributed by atoms with E-state index in [2.05, 4.69) is 0 Å². The van der Waals surface area contributed by atoms with E-state index >= 15 is 0 Å². The summed E-state index contributed by atoms with van der Waals surface area (Å²) in [5.74, 6) is -2.08. The molecule has 34 heavy (non-hydrogen) atoms. The topological polar surface area (TPSA) is 123 Å². The number of carboxylic acid groups (broad SMARTS) is 1. The van der Waals surface area contributed by atoms with Gasteiger partial charge in [0.25, 0.3) is 0 Å². The number of hydrogen-bond acceptors (Lipinski definition) is 7. The molecule has 1 aromatic heterocycles. The first-order chi connectivity index (χ1) is 16.1. The van der Waals surface area contributed by atoms with Gasteiger partial charge >= 0.3 is 0 Å². The van der Waals surface area contributed by atoms with E-state index in [1.54, 1.807) is 25.3 Å². The smallest absolute Gasteiger partial charge is 0.123 e. The summed E-state index contributed by atoms with van der Waals surface area (Å²) in [4.78, 5) is 15.6. The molecule has 2 aromatic rings. The third kappa shape index (κ3) is 7.17. The molecule has 186 valence electrons. The second-order valence-electron chi connectivity index (χ2n) is 8.72. The lowest BCUT2D eigenvalue weighted by Crippen LogP contribution is -2.29. The molecule has 0 amide bonds. The highest BCUT2D eigenvalue weighted by atomic mass is 19.1. The van der Waals surface area contributed by atoms with Gasteiger partial charge < -0.3 is 30.0 Å². The number of carbonyl (C=O) groups excluding carboxylic acids is 1. The first-order valence-electron chi connectivity index (χ1n) is 11.3. The number of aliphatic hydroxyl groups is 3. The second kappa shape index (κ2) is 12.7. The van der Waals surface area contributed by atoms with Crippen LogP contribution < -0.4 is 5.11 Å². The van der Waals surface area contributed by atoms with Crippen LogP contribution in [0.4, 0.5) is 4.39 Å². The molecule has 0 bridgehead atoms. The van der Waals surface area contributed by atoms with Gasteiger partial charge in [0.05, 0.1) is 36.8 Å². The Balaban J connectivity index is 2.72. The summed E-state index contributed by atoms with van der Waals surface area (Å²) in [6.45, 7) is 5.88. The summed E-state index contributed by atoms with van der Waals surface area (Å²) in [5.41, 5.74) is 4.29. The lowest BCUT2D eigenvalue weighted by Gasteiger charge is -2.24. The van der Waals surface area contributed by atoms with Crippen molar-refractivity contribution in [1.29, 1.82) is 0 Å². The Bertz CT molecular complexity index is 990. The zero-order valence-corrected chi connectivity index (χ0v) is 20.0. The van der Waals surface area contributed by atoms with Crippen LogP contribution in [-0.2, 0) is 16.1 Å². The van der Waals surface area contributed by atoms with E-state index in [0.717, 1.165) is 16.7 Å². The Kier molecular flexibility index (Phi) is 10.3. The summed E-state index contributed by atoms with van der Waals surface area (Å²) in [5, 5.41) is 40.8. The Morgan fingerprint density at radius 3 is 2.35 bits per heavy atom. The van der Waals surface area contributed by atoms with Gasteiger partial charge in [-0.2, -0.15) is 0 Å². The van der Waals surface area contributed by atoms with Gasteiger partial charge in [0, 0.05) is 43.0 Å². The fraction of sp³-hybridized carbons (Fsp3) is 0.462. The maximum Gasteiger partial charge on any atom is 0.123 e. The lowest BCUT2D eigenvalue weighted by atomic mass is 9.86. The van der Waals surface area contributed by atoms with Gasteiger partial charge in [-0.15, -0.1) is 0 Å². The molecule has 0 aliphatic carbocycles. The SMILES string of the molecule is COCc1c([C@H](C)CO)nc(C(C)C)c(/C=C/[C@@H](O)C[C@@H](O)CC(=O)[O-])c1-c1ccc(F)cc1. The molecule has 0 saturated carbocycles. The van der Waals surface area contributed by atoms with Crippen molar-refractivity contribution < 1.29 is 34.3 Å². The van der Waals surface area contributed by atoms with Crippen LogP contribution in [0.1, 0.15) is 68.0 Å². The van der Waals surface area contributed by atoms with Crippen molar-refractivity contribution in [3.63, 3.8) is 0 Å². The molecule has 0 aliphatic heterocycles. The number of aliphatic hydroxyl groups excluding tert-OH is 3. The maximum atomic E-state index is 13.7. The standard InChI is InChI=1S/C26H34FNO6/c1-15(2)25-21(10-9-19(30)11-20(31)12-23(32)33)24(17-5-7-18(27)8-6-17)22(14-34-4)26(28-25)16(3)13-29/h5-10,15-16,19-20,29-31H,11-14H2,1-4H3,(H,32,33)/p-1/b10-9+/t16-,19-,20-/m1/s1. The predicted octanol–water partition coefficient (Wildman–Crippen LogP) is 2.52. The number of nitrogens with zero attached hydrogens (tertiary/aromatic N) is 1. The molecule has 2 rings (SSSR count). The van der Waals surface area contributed by atoms with E-state index in [-0.39, 0.29) is 37.3 Å². The number of aliphatic carboxylic acids is 1. The van der Waals surface area contributed by atoms with Gasteiger partial charge in [0.15, 0.2) is 0 Å². The third-order valence-electron chi connectivity index (χ3n) is 5.51. The van der Waals surface area contributed by atoms with E-state index in [4.69, 9.17) is 9.72 Å². The van der Waals surface area contributed by atoms with Crippen molar-refractivity contribution >= 4 is 12.0 Å². The molecule has 3 N–H and O–H groups in total. The minimum Gasteiger partial charge on any atom is -0.550 e. The van der Waals surface area contributed by atoms with Crippen LogP contribution in [0, 0.1) is 5.82 Å². The van der Waals surface area contributed by atoms with Crippen molar-refractivity contribution in [3.05, 3.63) is 58.7 Å². The van der Waals surface area contributed by atoms with Crippen molar-refractivity contribution in [2.24, 2.45) is 0 Å². The molecule has 7 nitrogen and oxygen atoms in total. The monoisotopic (exact) mass is 474 g/mol. The van der Waals surface area contributed by atoms with Crippen molar-refractivity contribution in [2.45, 2.75) is 64.3 Å². The van der Waals surface area contributed by atoms with Gasteiger partial charge in [-0.1, -0.05) is 45.1 Å². The van der Waals surface area contributed by atoms with Gasteiger partial charge in [-0.25, -0.2) is 4.39 Å². The fourth-order valence-electron chi connectivity index (χ4n) is 3.86. The van der Waals surface area contributed by atoms with Crippen LogP contribution in [0.5, 0.6) is 0 Å². The molecule has 8 heteroatoms. The molecular formula is C26H33FNO6-. The zero-order valence-electron chi connectivity index (χ0n) is 20.0. The fourth-order valence-corrected chi connectivity index (χ4v) is 3.86. The van der Waals surface area contributed by atoms with E-state index < -0.39 is 24.6 Å². The number of halogens is 1. The summed E-state index contributed by atoms with van der Waals surface area (Å²) in [6, 6.07) is 6.02. The number of carboxylic acids is 1. The van der Waals surface area contributed by atoms with Crippen LogP contribution in [0.25, 0.3) is 17.2 Å². The number of rotatable bonds is 12. The first kappa shape index (κ1) is 27.6. The summed E-state index contributed by atoms with van der Waals surface area (Å²) in [7, 11) is 1.55.